The smallest absolute Gasteiger partial charge is 0.236 e. The number of nitrogens with one attached hydrogen (secondary N) is 1. The van der Waals surface area contributed by atoms with Gasteiger partial charge in [0.05, 0.1) is 17.0 Å². The number of thiazole rings is 1. The second kappa shape index (κ2) is 4.94. The number of carbonyl (C=O) groups excluding carboxylic acids is 1. The summed E-state index contributed by atoms with van der Waals surface area (Å²) in [6, 6.07) is 9.93. The third-order valence-corrected chi connectivity index (χ3v) is 4.50. The number of benzene rings is 1. The Bertz CT molecular complexity index is 593. The van der Waals surface area contributed by atoms with Gasteiger partial charge in [-0.3, -0.25) is 4.79 Å². The maximum Gasteiger partial charge on any atom is 0.236 e. The first-order valence-electron chi connectivity index (χ1n) is 6.12. The number of alkyl halides is 1. The highest BCUT2D eigenvalue weighted by Crippen LogP contribution is 2.49. The van der Waals surface area contributed by atoms with Gasteiger partial charge in [-0.1, -0.05) is 30.3 Å². The molecule has 1 aliphatic carbocycles. The molecule has 0 unspecified atom stereocenters. The predicted molar refractivity (Wildman–Crippen MR) is 77.7 cm³/mol. The van der Waals surface area contributed by atoms with Gasteiger partial charge < -0.3 is 5.32 Å². The van der Waals surface area contributed by atoms with Crippen molar-refractivity contribution in [2.75, 3.05) is 5.32 Å². The van der Waals surface area contributed by atoms with Crippen molar-refractivity contribution in [2.45, 2.75) is 24.1 Å². The number of halogens is 1. The van der Waals surface area contributed by atoms with Crippen LogP contribution in [0.25, 0.3) is 0 Å². The van der Waals surface area contributed by atoms with Crippen LogP contribution in [0.5, 0.6) is 0 Å². The Labute approximate surface area is 120 Å². The zero-order chi connectivity index (χ0) is 13.3. The second-order valence-electron chi connectivity index (χ2n) is 4.68. The minimum atomic E-state index is -0.353. The summed E-state index contributed by atoms with van der Waals surface area (Å²) in [6.07, 6.45) is 1.80. The van der Waals surface area contributed by atoms with Crippen LogP contribution in [0.4, 0.5) is 5.13 Å². The largest absolute Gasteiger partial charge is 0.301 e. The molecule has 1 aromatic carbocycles. The molecule has 0 bridgehead atoms. The van der Waals surface area contributed by atoms with Gasteiger partial charge in [-0.25, -0.2) is 4.98 Å². The Balaban J connectivity index is 1.77. The zero-order valence-electron chi connectivity index (χ0n) is 10.2. The van der Waals surface area contributed by atoms with Crippen LogP contribution < -0.4 is 5.32 Å². The molecule has 1 N–H and O–H groups in total. The van der Waals surface area contributed by atoms with Crippen molar-refractivity contribution in [3.8, 4) is 0 Å². The van der Waals surface area contributed by atoms with Crippen molar-refractivity contribution < 1.29 is 4.79 Å². The lowest BCUT2D eigenvalue weighted by Crippen LogP contribution is -2.27. The topological polar surface area (TPSA) is 42.0 Å². The van der Waals surface area contributed by atoms with Gasteiger partial charge in [-0.2, -0.15) is 0 Å². The van der Waals surface area contributed by atoms with Crippen LogP contribution in [0.3, 0.4) is 0 Å². The molecule has 1 amide bonds. The van der Waals surface area contributed by atoms with Crippen LogP contribution in [0.2, 0.25) is 0 Å². The third-order valence-electron chi connectivity index (χ3n) is 3.42. The Morgan fingerprint density at radius 2 is 2.11 bits per heavy atom. The van der Waals surface area contributed by atoms with E-state index in [1.165, 1.54) is 11.3 Å². The summed E-state index contributed by atoms with van der Waals surface area (Å²) in [4.78, 5) is 16.7. The molecule has 19 heavy (non-hydrogen) atoms. The average Bonchev–Trinajstić information content (AvgIpc) is 3.15. The monoisotopic (exact) mass is 292 g/mol. The molecule has 3 nitrogen and oxygen atoms in total. The second-order valence-corrected chi connectivity index (χ2v) is 5.81. The van der Waals surface area contributed by atoms with Gasteiger partial charge in [0.2, 0.25) is 5.91 Å². The molecule has 3 rings (SSSR count). The molecule has 0 spiro atoms. The number of hydrogen-bond donors (Lipinski definition) is 1. The van der Waals surface area contributed by atoms with Crippen LogP contribution in [0, 0.1) is 0 Å². The highest BCUT2D eigenvalue weighted by Gasteiger charge is 2.51. The Morgan fingerprint density at radius 3 is 2.68 bits per heavy atom. The van der Waals surface area contributed by atoms with E-state index >= 15 is 0 Å². The van der Waals surface area contributed by atoms with Crippen LogP contribution in [0.1, 0.15) is 24.1 Å². The molecule has 0 saturated heterocycles. The van der Waals surface area contributed by atoms with Gasteiger partial charge in [0.25, 0.3) is 0 Å². The van der Waals surface area contributed by atoms with E-state index in [1.54, 1.807) is 0 Å². The number of aromatic nitrogens is 1. The maximum atomic E-state index is 12.4. The van der Waals surface area contributed by atoms with Gasteiger partial charge in [-0.15, -0.1) is 22.9 Å². The van der Waals surface area contributed by atoms with Crippen molar-refractivity contribution in [3.05, 3.63) is 47.0 Å². The quantitative estimate of drug-likeness (QED) is 0.876. The molecule has 1 aromatic heterocycles. The van der Waals surface area contributed by atoms with Crippen LogP contribution in [-0.2, 0) is 16.1 Å². The number of amides is 1. The third kappa shape index (κ3) is 2.38. The molecular weight excluding hydrogens is 280 g/mol. The van der Waals surface area contributed by atoms with Crippen molar-refractivity contribution in [2.24, 2.45) is 0 Å². The lowest BCUT2D eigenvalue weighted by atomic mass is 9.95. The Morgan fingerprint density at radius 1 is 1.37 bits per heavy atom. The predicted octanol–water partition coefficient (Wildman–Crippen LogP) is 3.55. The minimum Gasteiger partial charge on any atom is -0.301 e. The fourth-order valence-corrected chi connectivity index (χ4v) is 3.11. The first-order chi connectivity index (χ1) is 9.24. The molecule has 2 aromatic rings. The molecule has 98 valence electrons. The Hall–Kier alpha value is -1.39. The first-order valence-corrected chi connectivity index (χ1v) is 7.53. The number of hydrogen-bond acceptors (Lipinski definition) is 3. The van der Waals surface area contributed by atoms with Crippen LogP contribution in [0.15, 0.2) is 35.7 Å². The summed E-state index contributed by atoms with van der Waals surface area (Å²) < 4.78 is 0. The number of nitrogens with zero attached hydrogens (tertiary/aromatic N) is 1. The molecule has 1 saturated carbocycles. The maximum absolute atomic E-state index is 12.4. The fraction of sp³-hybridized carbons (Fsp3) is 0.286. The molecule has 1 fully saturated rings. The van der Waals surface area contributed by atoms with Gasteiger partial charge in [0, 0.05) is 5.38 Å². The van der Waals surface area contributed by atoms with E-state index in [9.17, 15) is 4.79 Å². The van der Waals surface area contributed by atoms with Gasteiger partial charge in [0.15, 0.2) is 5.13 Å². The van der Waals surface area contributed by atoms with E-state index in [-0.39, 0.29) is 11.3 Å². The van der Waals surface area contributed by atoms with Gasteiger partial charge in [0.1, 0.15) is 0 Å². The average molecular weight is 293 g/mol. The highest BCUT2D eigenvalue weighted by atomic mass is 35.5. The van der Waals surface area contributed by atoms with E-state index < -0.39 is 0 Å². The Kier molecular flexibility index (Phi) is 3.29. The molecule has 5 heteroatoms. The van der Waals surface area contributed by atoms with Gasteiger partial charge in [-0.05, 0) is 18.4 Å². The summed E-state index contributed by atoms with van der Waals surface area (Å²) in [5.74, 6) is 0.407. The van der Waals surface area contributed by atoms with Crippen LogP contribution in [-0.4, -0.2) is 10.9 Å². The summed E-state index contributed by atoms with van der Waals surface area (Å²) in [5, 5.41) is 5.40. The van der Waals surface area contributed by atoms with E-state index in [2.05, 4.69) is 10.3 Å². The minimum absolute atomic E-state index is 0.0363. The van der Waals surface area contributed by atoms with Crippen molar-refractivity contribution in [1.29, 1.82) is 0 Å². The van der Waals surface area contributed by atoms with E-state index in [0.717, 1.165) is 24.1 Å². The SMILES string of the molecule is O=C(Nc1nc(CCl)cs1)C1(c2ccccc2)CC1. The van der Waals surface area contributed by atoms with E-state index in [1.807, 2.05) is 35.7 Å². The van der Waals surface area contributed by atoms with E-state index in [4.69, 9.17) is 11.6 Å². The standard InChI is InChI=1S/C14H13ClN2OS/c15-8-11-9-19-13(16-11)17-12(18)14(6-7-14)10-4-2-1-3-5-10/h1-5,9H,6-8H2,(H,16,17,18). The molecule has 1 heterocycles. The molecular formula is C14H13ClN2OS. The fourth-order valence-electron chi connectivity index (χ4n) is 2.17. The molecule has 0 radical (unpaired) electrons. The summed E-state index contributed by atoms with van der Waals surface area (Å²) in [6.45, 7) is 0. The highest BCUT2D eigenvalue weighted by molar-refractivity contribution is 7.14. The molecule has 1 aliphatic rings. The van der Waals surface area contributed by atoms with Crippen molar-refractivity contribution >= 4 is 34.0 Å². The molecule has 0 aliphatic heterocycles. The lowest BCUT2D eigenvalue weighted by molar-refractivity contribution is -0.118. The van der Waals surface area contributed by atoms with Crippen molar-refractivity contribution in [1.82, 2.24) is 4.98 Å². The van der Waals surface area contributed by atoms with Crippen LogP contribution >= 0.6 is 22.9 Å². The number of anilines is 1. The normalized spacial score (nSPS) is 16.1. The zero-order valence-corrected chi connectivity index (χ0v) is 11.8. The summed E-state index contributed by atoms with van der Waals surface area (Å²) in [5.41, 5.74) is 1.53. The molecule has 0 atom stereocenters. The summed E-state index contributed by atoms with van der Waals surface area (Å²) >= 11 is 7.12. The number of rotatable bonds is 4. The van der Waals surface area contributed by atoms with E-state index in [0.29, 0.717) is 11.0 Å². The summed E-state index contributed by atoms with van der Waals surface area (Å²) in [7, 11) is 0. The number of carbonyl (C=O) groups is 1. The van der Waals surface area contributed by atoms with Crippen molar-refractivity contribution in [3.63, 3.8) is 0 Å². The van der Waals surface area contributed by atoms with Gasteiger partial charge >= 0.3 is 0 Å². The lowest BCUT2D eigenvalue weighted by Gasteiger charge is -2.14. The first kappa shape index (κ1) is 12.6.